The van der Waals surface area contributed by atoms with Crippen LogP contribution < -0.4 is 15.5 Å². The molecule has 1 aromatic carbocycles. The van der Waals surface area contributed by atoms with Crippen molar-refractivity contribution in [1.29, 1.82) is 0 Å². The highest BCUT2D eigenvalue weighted by Crippen LogP contribution is 2.57. The Morgan fingerprint density at radius 1 is 1.02 bits per heavy atom. The van der Waals surface area contributed by atoms with E-state index < -0.39 is 29.5 Å². The number of nitrogens with zero attached hydrogens (tertiary/aromatic N) is 2. The lowest BCUT2D eigenvalue weighted by Crippen LogP contribution is -2.52. The van der Waals surface area contributed by atoms with Crippen LogP contribution in [0.5, 0.6) is 0 Å². The van der Waals surface area contributed by atoms with Crippen LogP contribution in [-0.4, -0.2) is 65.9 Å². The molecule has 5 aliphatic rings. The maximum Gasteiger partial charge on any atom is 0.395 e. The number of anilines is 1. The van der Waals surface area contributed by atoms with Gasteiger partial charge in [-0.3, -0.25) is 19.7 Å². The van der Waals surface area contributed by atoms with Crippen molar-refractivity contribution in [1.82, 2.24) is 15.5 Å². The number of nitrogens with one attached hydrogen (secondary N) is 2. The fraction of sp³-hybridized carbons (Fsp3) is 0.690. The molecule has 0 aromatic heterocycles. The quantitative estimate of drug-likeness (QED) is 0.348. The molecule has 7 nitrogen and oxygen atoms in total. The third kappa shape index (κ3) is 5.44. The van der Waals surface area contributed by atoms with E-state index in [0.29, 0.717) is 37.8 Å². The van der Waals surface area contributed by atoms with E-state index in [9.17, 15) is 36.3 Å². The van der Waals surface area contributed by atoms with E-state index in [1.165, 1.54) is 4.90 Å². The van der Waals surface area contributed by atoms with Crippen LogP contribution in [0.15, 0.2) is 18.2 Å². The standard InChI is InChI=1S/C29H35F5N4O3/c30-28(31)12-17(13-28)14-37(19-6-4-18(5-7-19)35-16-27(10-11-27)29(32,33)34)22-3-1-2-20-21(22)15-38(26(20)41)23-8-9-24(39)36-25(23)40/h1-3,17-19,23,35H,4-16H2,(H,36,39,40). The minimum atomic E-state index is -4.20. The number of fused-ring (bicyclic) bond motifs is 1. The van der Waals surface area contributed by atoms with Gasteiger partial charge in [0.1, 0.15) is 6.04 Å². The summed E-state index contributed by atoms with van der Waals surface area (Å²) in [6.07, 6.45) is -1.17. The summed E-state index contributed by atoms with van der Waals surface area (Å²) in [7, 11) is 0. The first kappa shape index (κ1) is 28.4. The molecular weight excluding hydrogens is 547 g/mol. The second-order valence-corrected chi connectivity index (χ2v) is 12.7. The Bertz CT molecular complexity index is 1220. The molecule has 3 amide bonds. The topological polar surface area (TPSA) is 81.8 Å². The lowest BCUT2D eigenvalue weighted by Gasteiger charge is -2.44. The van der Waals surface area contributed by atoms with E-state index in [4.69, 9.17) is 0 Å². The fourth-order valence-corrected chi connectivity index (χ4v) is 7.12. The molecule has 4 fully saturated rings. The smallest absolute Gasteiger partial charge is 0.368 e. The predicted molar refractivity (Wildman–Crippen MR) is 139 cm³/mol. The van der Waals surface area contributed by atoms with Crippen molar-refractivity contribution in [3.8, 4) is 0 Å². The summed E-state index contributed by atoms with van der Waals surface area (Å²) in [6, 6.07) is 4.56. The molecule has 1 unspecified atom stereocenters. The number of amides is 3. The molecule has 1 saturated heterocycles. The van der Waals surface area contributed by atoms with Gasteiger partial charge in [-0.2, -0.15) is 13.2 Å². The van der Waals surface area contributed by atoms with Crippen molar-refractivity contribution >= 4 is 23.4 Å². The summed E-state index contributed by atoms with van der Waals surface area (Å²) >= 11 is 0. The first-order chi connectivity index (χ1) is 19.4. The average molecular weight is 583 g/mol. The summed E-state index contributed by atoms with van der Waals surface area (Å²) in [5, 5.41) is 5.46. The molecule has 6 rings (SSSR count). The average Bonchev–Trinajstić information content (AvgIpc) is 3.63. The van der Waals surface area contributed by atoms with Crippen LogP contribution in [0, 0.1) is 11.3 Å². The maximum absolute atomic E-state index is 13.8. The summed E-state index contributed by atoms with van der Waals surface area (Å²) in [5.74, 6) is -4.04. The highest BCUT2D eigenvalue weighted by atomic mass is 19.4. The van der Waals surface area contributed by atoms with Gasteiger partial charge < -0.3 is 15.1 Å². The minimum absolute atomic E-state index is 0.00831. The zero-order chi connectivity index (χ0) is 29.2. The number of hydrogen-bond acceptors (Lipinski definition) is 5. The molecule has 1 atom stereocenters. The molecule has 2 N–H and O–H groups in total. The van der Waals surface area contributed by atoms with Crippen LogP contribution in [0.3, 0.4) is 0 Å². The zero-order valence-electron chi connectivity index (χ0n) is 22.7. The van der Waals surface area contributed by atoms with Gasteiger partial charge in [-0.05, 0) is 63.0 Å². The van der Waals surface area contributed by atoms with Crippen molar-refractivity contribution < 1.29 is 36.3 Å². The van der Waals surface area contributed by atoms with E-state index in [0.717, 1.165) is 11.3 Å². The predicted octanol–water partition coefficient (Wildman–Crippen LogP) is 4.54. The Kier molecular flexibility index (Phi) is 7.06. The Balaban J connectivity index is 1.18. The molecule has 0 bridgehead atoms. The van der Waals surface area contributed by atoms with Gasteiger partial charge in [0, 0.05) is 67.8 Å². The number of imide groups is 1. The minimum Gasteiger partial charge on any atom is -0.368 e. The normalized spacial score (nSPS) is 29.1. The number of hydrogen-bond donors (Lipinski definition) is 2. The third-order valence-electron chi connectivity index (χ3n) is 9.82. The summed E-state index contributed by atoms with van der Waals surface area (Å²) in [6.45, 7) is 0.514. The van der Waals surface area contributed by atoms with Crippen LogP contribution in [0.1, 0.15) is 80.1 Å². The van der Waals surface area contributed by atoms with Crippen molar-refractivity contribution in [2.45, 2.75) is 101 Å². The summed E-state index contributed by atoms with van der Waals surface area (Å²) in [5.41, 5.74) is 0.394. The van der Waals surface area contributed by atoms with Crippen molar-refractivity contribution in [3.05, 3.63) is 29.3 Å². The van der Waals surface area contributed by atoms with E-state index in [1.54, 1.807) is 12.1 Å². The van der Waals surface area contributed by atoms with E-state index in [-0.39, 0.29) is 81.4 Å². The lowest BCUT2D eigenvalue weighted by molar-refractivity contribution is -0.186. The Hall–Kier alpha value is -2.76. The highest BCUT2D eigenvalue weighted by Gasteiger charge is 2.62. The first-order valence-electron chi connectivity index (χ1n) is 14.6. The van der Waals surface area contributed by atoms with E-state index in [1.807, 2.05) is 6.07 Å². The van der Waals surface area contributed by atoms with Crippen LogP contribution in [0.2, 0.25) is 0 Å². The molecular formula is C29H35F5N4O3. The van der Waals surface area contributed by atoms with Crippen LogP contribution in [0.4, 0.5) is 27.6 Å². The Morgan fingerprint density at radius 3 is 2.34 bits per heavy atom. The molecule has 0 spiro atoms. The van der Waals surface area contributed by atoms with Gasteiger partial charge in [0.15, 0.2) is 0 Å². The van der Waals surface area contributed by atoms with Gasteiger partial charge in [0.2, 0.25) is 17.7 Å². The number of rotatable bonds is 8. The second kappa shape index (κ2) is 10.2. The van der Waals surface area contributed by atoms with Crippen molar-refractivity contribution in [2.75, 3.05) is 18.0 Å². The number of carbonyl (C=O) groups excluding carboxylic acids is 3. The number of carbonyl (C=O) groups is 3. The van der Waals surface area contributed by atoms with Gasteiger partial charge >= 0.3 is 6.18 Å². The molecule has 3 aliphatic carbocycles. The molecule has 12 heteroatoms. The molecule has 2 aliphatic heterocycles. The zero-order valence-corrected chi connectivity index (χ0v) is 22.7. The Labute approximate surface area is 235 Å². The highest BCUT2D eigenvalue weighted by molar-refractivity contribution is 6.06. The van der Waals surface area contributed by atoms with E-state index >= 15 is 0 Å². The molecule has 3 saturated carbocycles. The monoisotopic (exact) mass is 582 g/mol. The SMILES string of the molecule is O=C1CCC(N2Cc3c(cccc3N(CC3CC(F)(F)C3)C3CCC(NCC4(C(F)(F)F)CC4)CC3)C2=O)C(=O)N1. The van der Waals surface area contributed by atoms with Gasteiger partial charge in [0.05, 0.1) is 5.41 Å². The molecule has 2 heterocycles. The summed E-state index contributed by atoms with van der Waals surface area (Å²) < 4.78 is 67.7. The number of piperidine rings is 1. The number of benzene rings is 1. The lowest BCUT2D eigenvalue weighted by atomic mass is 9.80. The van der Waals surface area contributed by atoms with Crippen molar-refractivity contribution in [2.24, 2.45) is 11.3 Å². The van der Waals surface area contributed by atoms with Gasteiger partial charge in [-0.25, -0.2) is 8.78 Å². The van der Waals surface area contributed by atoms with Gasteiger partial charge in [-0.1, -0.05) is 6.07 Å². The molecule has 224 valence electrons. The molecule has 41 heavy (non-hydrogen) atoms. The van der Waals surface area contributed by atoms with E-state index in [2.05, 4.69) is 15.5 Å². The van der Waals surface area contributed by atoms with Crippen molar-refractivity contribution in [3.63, 3.8) is 0 Å². The van der Waals surface area contributed by atoms with Crippen LogP contribution >= 0.6 is 0 Å². The first-order valence-corrected chi connectivity index (χ1v) is 14.6. The number of halogens is 5. The van der Waals surface area contributed by atoms with Crippen LogP contribution in [-0.2, 0) is 16.1 Å². The maximum atomic E-state index is 13.8. The number of alkyl halides is 5. The van der Waals surface area contributed by atoms with Gasteiger partial charge in [-0.15, -0.1) is 0 Å². The fourth-order valence-electron chi connectivity index (χ4n) is 7.12. The molecule has 0 radical (unpaired) electrons. The summed E-state index contributed by atoms with van der Waals surface area (Å²) in [4.78, 5) is 41.2. The second-order valence-electron chi connectivity index (χ2n) is 12.7. The third-order valence-corrected chi connectivity index (χ3v) is 9.82. The Morgan fingerprint density at radius 2 is 1.73 bits per heavy atom. The largest absolute Gasteiger partial charge is 0.395 e. The molecule has 1 aromatic rings. The van der Waals surface area contributed by atoms with Gasteiger partial charge in [0.25, 0.3) is 5.91 Å². The van der Waals surface area contributed by atoms with Crippen LogP contribution in [0.25, 0.3) is 0 Å².